The molecule has 6 aromatic rings. The van der Waals surface area contributed by atoms with Crippen molar-refractivity contribution in [2.75, 3.05) is 11.9 Å². The fourth-order valence-corrected chi connectivity index (χ4v) is 8.68. The number of hydrogen-bond acceptors (Lipinski definition) is 7. The molecular formula is C47H53ClN6O6S. The number of sulfonamides is 1. The molecule has 12 nitrogen and oxygen atoms in total. The Labute approximate surface area is 362 Å². The van der Waals surface area contributed by atoms with Crippen LogP contribution in [-0.4, -0.2) is 50.4 Å². The summed E-state index contributed by atoms with van der Waals surface area (Å²) >= 11 is 6.55. The minimum Gasteiger partial charge on any atom is -0.493 e. The summed E-state index contributed by atoms with van der Waals surface area (Å²) in [7, 11) is -2.38. The Kier molecular flexibility index (Phi) is 15.5. The molecule has 0 aliphatic rings. The van der Waals surface area contributed by atoms with Gasteiger partial charge >= 0.3 is 5.69 Å². The van der Waals surface area contributed by atoms with Gasteiger partial charge in [0.25, 0.3) is 5.91 Å². The Balaban J connectivity index is 1.29. The molecule has 0 radical (unpaired) electrons. The lowest BCUT2D eigenvalue weighted by Crippen LogP contribution is -2.39. The molecule has 320 valence electrons. The van der Waals surface area contributed by atoms with Gasteiger partial charge in [-0.1, -0.05) is 167 Å². The van der Waals surface area contributed by atoms with Crippen LogP contribution in [0.3, 0.4) is 0 Å². The number of nitrogens with one attached hydrogen (secondary N) is 2. The van der Waals surface area contributed by atoms with E-state index in [1.165, 1.54) is 61.3 Å². The van der Waals surface area contributed by atoms with E-state index in [0.717, 1.165) is 36.6 Å². The molecule has 0 fully saturated rings. The third kappa shape index (κ3) is 11.1. The molecule has 2 aromatic heterocycles. The number of Topliss-reactive ketones (excluding diaryl/α,β-unsaturated/α-hetero) is 1. The second kappa shape index (κ2) is 21.2. The van der Waals surface area contributed by atoms with Gasteiger partial charge in [0.1, 0.15) is 0 Å². The van der Waals surface area contributed by atoms with E-state index in [-0.39, 0.29) is 34.5 Å². The molecule has 1 atom stereocenters. The maximum atomic E-state index is 14.9. The number of nitrogens with zero attached hydrogens (tertiary/aromatic N) is 4. The molecule has 14 heteroatoms. The molecule has 6 rings (SSSR count). The van der Waals surface area contributed by atoms with Gasteiger partial charge in [-0.05, 0) is 30.2 Å². The summed E-state index contributed by atoms with van der Waals surface area (Å²) in [6.45, 7) is 2.48. The highest BCUT2D eigenvalue weighted by atomic mass is 35.5. The maximum absolute atomic E-state index is 14.9. The Hall–Kier alpha value is -5.76. The van der Waals surface area contributed by atoms with Gasteiger partial charge in [0.2, 0.25) is 21.7 Å². The van der Waals surface area contributed by atoms with Gasteiger partial charge in [0.15, 0.2) is 11.9 Å². The average Bonchev–Trinajstić information content (AvgIpc) is 3.75. The summed E-state index contributed by atoms with van der Waals surface area (Å²) in [4.78, 5) is 48.2. The number of aromatic hydroxyl groups is 1. The fraction of sp³-hybridized carbons (Fsp3) is 0.319. The third-order valence-electron chi connectivity index (χ3n) is 10.7. The van der Waals surface area contributed by atoms with Crippen molar-refractivity contribution in [3.05, 3.63) is 142 Å². The van der Waals surface area contributed by atoms with Crippen LogP contribution in [0.1, 0.15) is 93.4 Å². The van der Waals surface area contributed by atoms with Gasteiger partial charge in [-0.25, -0.2) is 27.5 Å². The first-order valence-electron chi connectivity index (χ1n) is 20.9. The van der Waals surface area contributed by atoms with E-state index in [9.17, 15) is 27.9 Å². The van der Waals surface area contributed by atoms with Crippen molar-refractivity contribution in [3.63, 3.8) is 0 Å². The molecule has 3 N–H and O–H groups in total. The minimum absolute atomic E-state index is 0.0128. The number of benzene rings is 4. The van der Waals surface area contributed by atoms with Crippen LogP contribution in [0.15, 0.2) is 125 Å². The summed E-state index contributed by atoms with van der Waals surface area (Å²) in [5, 5.41) is 13.9. The minimum atomic E-state index is -4.02. The maximum Gasteiger partial charge on any atom is 0.332 e. The lowest BCUT2D eigenvalue weighted by atomic mass is 10.1. The smallest absolute Gasteiger partial charge is 0.332 e. The van der Waals surface area contributed by atoms with Crippen molar-refractivity contribution < 1.29 is 23.1 Å². The Morgan fingerprint density at radius 2 is 1.36 bits per heavy atom. The van der Waals surface area contributed by atoms with Crippen LogP contribution in [0.5, 0.6) is 5.88 Å². The summed E-state index contributed by atoms with van der Waals surface area (Å²) in [6, 6.07) is 29.4. The van der Waals surface area contributed by atoms with E-state index >= 15 is 0 Å². The molecule has 0 bridgehead atoms. The summed E-state index contributed by atoms with van der Waals surface area (Å²) in [6.07, 6.45) is 12.3. The van der Waals surface area contributed by atoms with Gasteiger partial charge in [-0.3, -0.25) is 14.2 Å². The first-order valence-corrected chi connectivity index (χ1v) is 22.7. The molecule has 61 heavy (non-hydrogen) atoms. The third-order valence-corrected chi connectivity index (χ3v) is 12.4. The van der Waals surface area contributed by atoms with Gasteiger partial charge in [-0.2, -0.15) is 0 Å². The normalized spacial score (nSPS) is 12.0. The zero-order chi connectivity index (χ0) is 43.4. The van der Waals surface area contributed by atoms with Crippen molar-refractivity contribution in [2.24, 2.45) is 7.05 Å². The van der Waals surface area contributed by atoms with Crippen LogP contribution in [-0.2, 0) is 28.4 Å². The number of carbonyl (C=O) groups is 2. The van der Waals surface area contributed by atoms with Crippen LogP contribution < -0.4 is 15.7 Å². The van der Waals surface area contributed by atoms with E-state index in [4.69, 9.17) is 16.6 Å². The van der Waals surface area contributed by atoms with E-state index in [1.807, 2.05) is 66.7 Å². The first kappa shape index (κ1) is 44.8. The standard InChI is InChI=1S/C47H53ClN6O6S/c1-3-4-5-6-7-8-9-10-11-21-30-49-61(59,60)37-28-29-38(48)39(31-37)50-46(57)43(54-40(55)33-53(47(54)58)32-34-22-15-12-16-23-34)44(56)45-51-41(35-24-17-13-18-25-35)42(52(45)2)36-26-19-14-20-27-36/h12-20,22-29,31,33,43,49,55H,3-11,21,30,32H2,1-2H3,(H,50,57). The van der Waals surface area contributed by atoms with Crippen LogP contribution in [0.4, 0.5) is 5.69 Å². The number of unbranched alkanes of at least 4 members (excludes halogenated alkanes) is 9. The number of halogens is 1. The van der Waals surface area contributed by atoms with Crippen LogP contribution in [0.25, 0.3) is 22.5 Å². The van der Waals surface area contributed by atoms with E-state index < -0.39 is 39.3 Å². The number of carbonyl (C=O) groups excluding carboxylic acids is 2. The fourth-order valence-electron chi connectivity index (χ4n) is 7.42. The van der Waals surface area contributed by atoms with Gasteiger partial charge in [-0.15, -0.1) is 0 Å². The van der Waals surface area contributed by atoms with Gasteiger partial charge in [0, 0.05) is 24.7 Å². The van der Waals surface area contributed by atoms with Gasteiger partial charge in [0.05, 0.1) is 39.7 Å². The molecule has 0 aliphatic carbocycles. The average molecular weight is 865 g/mol. The van der Waals surface area contributed by atoms with Crippen LogP contribution in [0.2, 0.25) is 5.02 Å². The van der Waals surface area contributed by atoms with Crippen molar-refractivity contribution in [2.45, 2.75) is 88.6 Å². The lowest BCUT2D eigenvalue weighted by molar-refractivity contribution is -0.118. The predicted molar refractivity (Wildman–Crippen MR) is 240 cm³/mol. The highest BCUT2D eigenvalue weighted by Gasteiger charge is 2.38. The summed E-state index contributed by atoms with van der Waals surface area (Å²) in [5.41, 5.74) is 2.28. The topological polar surface area (TPSA) is 157 Å². The number of amides is 1. The van der Waals surface area contributed by atoms with Crippen molar-refractivity contribution in [1.82, 2.24) is 23.4 Å². The second-order valence-electron chi connectivity index (χ2n) is 15.2. The Bertz CT molecular complexity index is 2570. The molecule has 0 aliphatic heterocycles. The summed E-state index contributed by atoms with van der Waals surface area (Å²) in [5.74, 6) is -2.78. The molecular weight excluding hydrogens is 812 g/mol. The number of aromatic nitrogens is 4. The van der Waals surface area contributed by atoms with Crippen molar-refractivity contribution >= 4 is 39.0 Å². The summed E-state index contributed by atoms with van der Waals surface area (Å²) < 4.78 is 33.0. The Morgan fingerprint density at radius 1 is 0.787 bits per heavy atom. The highest BCUT2D eigenvalue weighted by Crippen LogP contribution is 2.34. The van der Waals surface area contributed by atoms with E-state index in [2.05, 4.69) is 17.0 Å². The molecule has 4 aromatic carbocycles. The molecule has 1 unspecified atom stereocenters. The van der Waals surface area contributed by atoms with Crippen LogP contribution >= 0.6 is 11.6 Å². The quantitative estimate of drug-likeness (QED) is 0.0349. The predicted octanol–water partition coefficient (Wildman–Crippen LogP) is 9.39. The molecule has 1 amide bonds. The molecule has 0 spiro atoms. The SMILES string of the molecule is CCCCCCCCCCCCNS(=O)(=O)c1ccc(Cl)c(NC(=O)C(C(=O)c2nc(-c3ccccc3)c(-c3ccccc3)n2C)n2c(O)cn(Cc3ccccc3)c2=O)c1. The van der Waals surface area contributed by atoms with Crippen molar-refractivity contribution in [3.8, 4) is 28.4 Å². The zero-order valence-corrected chi connectivity index (χ0v) is 36.2. The Morgan fingerprint density at radius 3 is 1.98 bits per heavy atom. The molecule has 2 heterocycles. The zero-order valence-electron chi connectivity index (χ0n) is 34.6. The lowest BCUT2D eigenvalue weighted by Gasteiger charge is -2.18. The first-order chi connectivity index (χ1) is 29.5. The van der Waals surface area contributed by atoms with E-state index in [0.29, 0.717) is 27.9 Å². The number of hydrogen-bond donors (Lipinski definition) is 3. The number of anilines is 1. The monoisotopic (exact) mass is 864 g/mol. The largest absolute Gasteiger partial charge is 0.493 e. The number of imidazole rings is 2. The second-order valence-corrected chi connectivity index (χ2v) is 17.3. The van der Waals surface area contributed by atoms with Crippen LogP contribution in [0, 0.1) is 0 Å². The number of ketones is 1. The molecule has 0 saturated heterocycles. The van der Waals surface area contributed by atoms with Crippen molar-refractivity contribution in [1.29, 1.82) is 0 Å². The van der Waals surface area contributed by atoms with E-state index in [1.54, 1.807) is 35.9 Å². The molecule has 0 saturated carbocycles. The number of rotatable bonds is 22. The highest BCUT2D eigenvalue weighted by molar-refractivity contribution is 7.89. The van der Waals surface area contributed by atoms with Gasteiger partial charge < -0.3 is 15.0 Å².